The van der Waals surface area contributed by atoms with Gasteiger partial charge in [0.2, 0.25) is 0 Å². The number of aryl methyl sites for hydroxylation is 1. The predicted molar refractivity (Wildman–Crippen MR) is 97.7 cm³/mol. The molecule has 9 heteroatoms. The van der Waals surface area contributed by atoms with E-state index in [2.05, 4.69) is 0 Å². The Hall–Kier alpha value is -2.81. The Morgan fingerprint density at radius 3 is 2.17 bits per heavy atom. The van der Waals surface area contributed by atoms with Gasteiger partial charge in [-0.05, 0) is 42.7 Å². The minimum Gasteiger partial charge on any atom is -0.464 e. The number of halogens is 6. The van der Waals surface area contributed by atoms with Crippen LogP contribution in [-0.4, -0.2) is 11.8 Å². The van der Waals surface area contributed by atoms with Gasteiger partial charge in [0.1, 0.15) is 11.4 Å². The number of carbonyl (C=O) groups excluding carboxylic acids is 1. The van der Waals surface area contributed by atoms with Gasteiger partial charge in [-0.15, -0.1) is 0 Å². The fraction of sp³-hybridized carbons (Fsp3) is 0.286. The zero-order valence-electron chi connectivity index (χ0n) is 15.5. The second kappa shape index (κ2) is 8.14. The molecule has 3 aromatic rings. The molecule has 0 aliphatic heterocycles. The minimum absolute atomic E-state index is 0.0566. The Kier molecular flexibility index (Phi) is 5.94. The Balaban J connectivity index is 1.71. The maximum absolute atomic E-state index is 12.9. The summed E-state index contributed by atoms with van der Waals surface area (Å²) in [6.07, 6.45) is -8.81. The number of alkyl halides is 6. The van der Waals surface area contributed by atoms with E-state index in [1.165, 1.54) is 6.26 Å². The summed E-state index contributed by atoms with van der Waals surface area (Å²) in [6, 6.07) is 7.46. The number of benzene rings is 2. The second-order valence-electron chi connectivity index (χ2n) is 6.95. The predicted octanol–water partition coefficient (Wildman–Crippen LogP) is 5.54. The van der Waals surface area contributed by atoms with Crippen LogP contribution in [0, 0.1) is 0 Å². The molecule has 3 nitrogen and oxygen atoms in total. The number of rotatable bonds is 6. The van der Waals surface area contributed by atoms with Crippen LogP contribution < -0.4 is 5.73 Å². The fourth-order valence-corrected chi connectivity index (χ4v) is 3.16. The van der Waals surface area contributed by atoms with Crippen LogP contribution in [0.15, 0.2) is 53.1 Å². The van der Waals surface area contributed by atoms with Gasteiger partial charge in [0.15, 0.2) is 0 Å². The average molecular weight is 429 g/mol. The molecule has 0 aliphatic carbocycles. The normalized spacial score (nSPS) is 13.6. The lowest BCUT2D eigenvalue weighted by Gasteiger charge is -2.15. The Morgan fingerprint density at radius 1 is 0.967 bits per heavy atom. The third-order valence-electron chi connectivity index (χ3n) is 4.72. The molecule has 0 fully saturated rings. The van der Waals surface area contributed by atoms with Gasteiger partial charge in [0.25, 0.3) is 0 Å². The second-order valence-corrected chi connectivity index (χ2v) is 6.95. The number of carbonyl (C=O) groups is 1. The number of furan rings is 1. The summed E-state index contributed by atoms with van der Waals surface area (Å²) >= 11 is 0. The van der Waals surface area contributed by atoms with Crippen molar-refractivity contribution in [1.82, 2.24) is 0 Å². The van der Waals surface area contributed by atoms with Gasteiger partial charge < -0.3 is 10.2 Å². The molecule has 30 heavy (non-hydrogen) atoms. The van der Waals surface area contributed by atoms with Gasteiger partial charge in [0, 0.05) is 17.4 Å². The van der Waals surface area contributed by atoms with E-state index in [0.29, 0.717) is 23.3 Å². The number of para-hydroxylation sites is 1. The Morgan fingerprint density at radius 2 is 1.57 bits per heavy atom. The molecule has 0 amide bonds. The van der Waals surface area contributed by atoms with E-state index in [0.717, 1.165) is 5.39 Å². The number of fused-ring (bicyclic) bond motifs is 1. The van der Waals surface area contributed by atoms with Crippen molar-refractivity contribution in [3.63, 3.8) is 0 Å². The molecule has 3 rings (SSSR count). The van der Waals surface area contributed by atoms with E-state index in [1.807, 2.05) is 0 Å². The zero-order valence-corrected chi connectivity index (χ0v) is 15.5. The van der Waals surface area contributed by atoms with Crippen molar-refractivity contribution in [1.29, 1.82) is 0 Å². The number of nitrogens with two attached hydrogens (primary N) is 1. The summed E-state index contributed by atoms with van der Waals surface area (Å²) in [5.74, 6) is -0.466. The highest BCUT2D eigenvalue weighted by atomic mass is 19.4. The maximum atomic E-state index is 12.9. The molecule has 0 spiro atoms. The van der Waals surface area contributed by atoms with E-state index in [9.17, 15) is 31.1 Å². The molecule has 0 saturated carbocycles. The lowest BCUT2D eigenvalue weighted by Crippen LogP contribution is -2.32. The summed E-state index contributed by atoms with van der Waals surface area (Å²) in [7, 11) is 0. The van der Waals surface area contributed by atoms with E-state index in [4.69, 9.17) is 10.2 Å². The smallest absolute Gasteiger partial charge is 0.416 e. The van der Waals surface area contributed by atoms with Gasteiger partial charge in [-0.3, -0.25) is 4.79 Å². The average Bonchev–Trinajstić information content (AvgIpc) is 3.07. The van der Waals surface area contributed by atoms with Crippen LogP contribution in [0.1, 0.15) is 28.7 Å². The van der Waals surface area contributed by atoms with Gasteiger partial charge >= 0.3 is 12.4 Å². The topological polar surface area (TPSA) is 56.2 Å². The molecule has 1 atom stereocenters. The van der Waals surface area contributed by atoms with E-state index >= 15 is 0 Å². The summed E-state index contributed by atoms with van der Waals surface area (Å²) in [4.78, 5) is 12.3. The molecule has 160 valence electrons. The van der Waals surface area contributed by atoms with Crippen LogP contribution in [0.2, 0.25) is 0 Å². The largest absolute Gasteiger partial charge is 0.464 e. The number of hydrogen-bond donors (Lipinski definition) is 1. The van der Waals surface area contributed by atoms with E-state index in [1.54, 1.807) is 24.3 Å². The molecule has 1 unspecified atom stereocenters. The van der Waals surface area contributed by atoms with Crippen molar-refractivity contribution in [2.24, 2.45) is 5.73 Å². The van der Waals surface area contributed by atoms with Crippen LogP contribution in [0.4, 0.5) is 26.3 Å². The van der Waals surface area contributed by atoms with Crippen LogP contribution in [0.25, 0.3) is 11.0 Å². The van der Waals surface area contributed by atoms with Gasteiger partial charge in [-0.1, -0.05) is 18.2 Å². The zero-order chi connectivity index (χ0) is 22.1. The molecule has 0 bridgehead atoms. The third kappa shape index (κ3) is 5.02. The first-order valence-electron chi connectivity index (χ1n) is 8.97. The van der Waals surface area contributed by atoms with Crippen LogP contribution >= 0.6 is 0 Å². The first-order valence-corrected chi connectivity index (χ1v) is 8.97. The molecule has 0 aliphatic rings. The summed E-state index contributed by atoms with van der Waals surface area (Å²) in [6.45, 7) is 0. The van der Waals surface area contributed by atoms with Crippen molar-refractivity contribution in [2.45, 2.75) is 37.7 Å². The lowest BCUT2D eigenvalue weighted by atomic mass is 9.96. The van der Waals surface area contributed by atoms with Crippen molar-refractivity contribution in [3.05, 3.63) is 71.0 Å². The molecular formula is C21H17F6NO2. The highest BCUT2D eigenvalue weighted by Gasteiger charge is 2.36. The van der Waals surface area contributed by atoms with Crippen LogP contribution in [0.5, 0.6) is 0 Å². The molecule has 0 radical (unpaired) electrons. The quantitative estimate of drug-likeness (QED) is 0.524. The summed E-state index contributed by atoms with van der Waals surface area (Å²) < 4.78 is 83.0. The maximum Gasteiger partial charge on any atom is 0.416 e. The molecule has 1 aromatic heterocycles. The van der Waals surface area contributed by atoms with Crippen molar-refractivity contribution in [3.8, 4) is 0 Å². The van der Waals surface area contributed by atoms with Crippen molar-refractivity contribution < 1.29 is 35.6 Å². The SMILES string of the molecule is NC(Cc1coc2ccccc12)C(=O)CCc1cc(C(F)(F)F)cc(C(F)(F)F)c1. The molecular weight excluding hydrogens is 412 g/mol. The first-order chi connectivity index (χ1) is 13.9. The van der Waals surface area contributed by atoms with E-state index in [-0.39, 0.29) is 30.9 Å². The monoisotopic (exact) mass is 429 g/mol. The number of hydrogen-bond acceptors (Lipinski definition) is 3. The summed E-state index contributed by atoms with van der Waals surface area (Å²) in [5.41, 5.74) is 4.18. The minimum atomic E-state index is -4.93. The van der Waals surface area contributed by atoms with Crippen LogP contribution in [-0.2, 0) is 30.0 Å². The first kappa shape index (κ1) is 21.9. The molecule has 2 N–H and O–H groups in total. The molecule has 0 saturated heterocycles. The summed E-state index contributed by atoms with van der Waals surface area (Å²) in [5, 5.41) is 0.786. The van der Waals surface area contributed by atoms with Gasteiger partial charge in [-0.25, -0.2) is 0 Å². The van der Waals surface area contributed by atoms with E-state index < -0.39 is 35.3 Å². The van der Waals surface area contributed by atoms with Gasteiger partial charge in [-0.2, -0.15) is 26.3 Å². The lowest BCUT2D eigenvalue weighted by molar-refractivity contribution is -0.143. The molecule has 2 aromatic carbocycles. The number of ketones is 1. The highest BCUT2D eigenvalue weighted by Crippen LogP contribution is 2.36. The highest BCUT2D eigenvalue weighted by molar-refractivity contribution is 5.86. The Bertz CT molecular complexity index is 1020. The van der Waals surface area contributed by atoms with Crippen molar-refractivity contribution in [2.75, 3.05) is 0 Å². The van der Waals surface area contributed by atoms with Crippen LogP contribution in [0.3, 0.4) is 0 Å². The molecule has 1 heterocycles. The van der Waals surface area contributed by atoms with Gasteiger partial charge in [0.05, 0.1) is 23.4 Å². The fourth-order valence-electron chi connectivity index (χ4n) is 3.16. The van der Waals surface area contributed by atoms with Crippen molar-refractivity contribution >= 4 is 16.8 Å². The third-order valence-corrected chi connectivity index (χ3v) is 4.72. The standard InChI is InChI=1S/C21H17F6NO2/c22-20(23,24)14-7-12(8-15(10-14)21(25,26)27)5-6-18(29)17(28)9-13-11-30-19-4-2-1-3-16(13)19/h1-4,7-8,10-11,17H,5-6,9,28H2. The number of Topliss-reactive ketones (excluding diaryl/α,β-unsaturated/α-hetero) is 1. The Labute approximate surface area is 167 Å².